The van der Waals surface area contributed by atoms with Gasteiger partial charge in [0.05, 0.1) is 13.2 Å². The molecule has 162 valence electrons. The van der Waals surface area contributed by atoms with E-state index in [0.29, 0.717) is 30.4 Å². The number of aromatic nitrogens is 1. The first-order chi connectivity index (χ1) is 15.6. The largest absolute Gasteiger partial charge is 0.494 e. The minimum absolute atomic E-state index is 0.123. The minimum Gasteiger partial charge on any atom is -0.494 e. The lowest BCUT2D eigenvalue weighted by atomic mass is 10.1. The predicted molar refractivity (Wildman–Crippen MR) is 134 cm³/mol. The second kappa shape index (κ2) is 10.1. The van der Waals surface area contributed by atoms with Crippen LogP contribution in [0.2, 0.25) is 0 Å². The Morgan fingerprint density at radius 3 is 2.41 bits per heavy atom. The Morgan fingerprint density at radius 2 is 1.69 bits per heavy atom. The van der Waals surface area contributed by atoms with Crippen molar-refractivity contribution in [1.29, 1.82) is 0 Å². The summed E-state index contributed by atoms with van der Waals surface area (Å²) in [5.74, 6) is 0.778. The molecule has 4 aromatic rings. The average Bonchev–Trinajstić information content (AvgIpc) is 2.81. The van der Waals surface area contributed by atoms with E-state index in [1.807, 2.05) is 84.6 Å². The summed E-state index contributed by atoms with van der Waals surface area (Å²) in [5, 5.41) is 4.77. The van der Waals surface area contributed by atoms with Crippen LogP contribution in [0.1, 0.15) is 18.1 Å². The first kappa shape index (κ1) is 21.6. The van der Waals surface area contributed by atoms with Crippen LogP contribution in [0.3, 0.4) is 0 Å². The molecule has 5 nitrogen and oxygen atoms in total. The number of para-hydroxylation sites is 1. The van der Waals surface area contributed by atoms with Crippen molar-refractivity contribution in [3.63, 3.8) is 0 Å². The summed E-state index contributed by atoms with van der Waals surface area (Å²) in [7, 11) is 0. The van der Waals surface area contributed by atoms with Gasteiger partial charge in [0.1, 0.15) is 5.75 Å². The van der Waals surface area contributed by atoms with Crippen molar-refractivity contribution >= 4 is 33.9 Å². The van der Waals surface area contributed by atoms with Gasteiger partial charge in [-0.1, -0.05) is 48.5 Å². The lowest BCUT2D eigenvalue weighted by Crippen LogP contribution is -2.35. The zero-order chi connectivity index (χ0) is 22.3. The Labute approximate surface area is 192 Å². The summed E-state index contributed by atoms with van der Waals surface area (Å²) in [5.41, 5.74) is 3.31. The lowest BCUT2D eigenvalue weighted by Gasteiger charge is -2.26. The third kappa shape index (κ3) is 5.34. The minimum atomic E-state index is -0.123. The normalized spacial score (nSPS) is 10.7. The van der Waals surface area contributed by atoms with Gasteiger partial charge in [-0.25, -0.2) is 0 Å². The fraction of sp³-hybridized carbons (Fsp3) is 0.154. The molecule has 0 fully saturated rings. The van der Waals surface area contributed by atoms with E-state index in [1.54, 1.807) is 0 Å². The van der Waals surface area contributed by atoms with Gasteiger partial charge >= 0.3 is 0 Å². The molecule has 0 aliphatic rings. The Bertz CT molecular complexity index is 1260. The summed E-state index contributed by atoms with van der Waals surface area (Å²) in [6.45, 7) is 3.49. The van der Waals surface area contributed by atoms with Crippen LogP contribution in [0.25, 0.3) is 10.9 Å². The molecule has 0 amide bonds. The van der Waals surface area contributed by atoms with Crippen molar-refractivity contribution in [2.24, 2.45) is 0 Å². The molecule has 0 unspecified atom stereocenters. The fourth-order valence-corrected chi connectivity index (χ4v) is 3.78. The van der Waals surface area contributed by atoms with Gasteiger partial charge in [-0.15, -0.1) is 0 Å². The van der Waals surface area contributed by atoms with E-state index < -0.39 is 0 Å². The molecule has 6 heteroatoms. The predicted octanol–water partition coefficient (Wildman–Crippen LogP) is 5.33. The first-order valence-corrected chi connectivity index (χ1v) is 11.0. The van der Waals surface area contributed by atoms with E-state index in [4.69, 9.17) is 17.0 Å². The highest BCUT2D eigenvalue weighted by atomic mass is 32.1. The third-order valence-corrected chi connectivity index (χ3v) is 5.45. The van der Waals surface area contributed by atoms with Gasteiger partial charge in [-0.3, -0.25) is 4.79 Å². The number of anilines is 1. The number of benzene rings is 3. The molecule has 32 heavy (non-hydrogen) atoms. The summed E-state index contributed by atoms with van der Waals surface area (Å²) in [6.07, 6.45) is 0. The van der Waals surface area contributed by atoms with E-state index in [2.05, 4.69) is 22.4 Å². The molecule has 0 spiro atoms. The van der Waals surface area contributed by atoms with E-state index in [9.17, 15) is 4.79 Å². The van der Waals surface area contributed by atoms with Gasteiger partial charge in [0.2, 0.25) is 0 Å². The number of rotatable bonds is 7. The molecular weight excluding hydrogens is 418 g/mol. The van der Waals surface area contributed by atoms with Crippen LogP contribution in [-0.2, 0) is 13.1 Å². The molecule has 1 aromatic heterocycles. The van der Waals surface area contributed by atoms with Gasteiger partial charge in [0, 0.05) is 28.7 Å². The lowest BCUT2D eigenvalue weighted by molar-refractivity contribution is 0.340. The van der Waals surface area contributed by atoms with Gasteiger partial charge in [-0.2, -0.15) is 0 Å². The highest BCUT2D eigenvalue weighted by Crippen LogP contribution is 2.20. The van der Waals surface area contributed by atoms with Crippen molar-refractivity contribution in [2.45, 2.75) is 20.0 Å². The van der Waals surface area contributed by atoms with Crippen LogP contribution in [0, 0.1) is 0 Å². The molecule has 0 bridgehead atoms. The van der Waals surface area contributed by atoms with Crippen LogP contribution < -0.4 is 15.6 Å². The Morgan fingerprint density at radius 1 is 0.969 bits per heavy atom. The van der Waals surface area contributed by atoms with E-state index in [-0.39, 0.29) is 5.56 Å². The molecular formula is C26H25N3O2S. The summed E-state index contributed by atoms with van der Waals surface area (Å²) < 4.78 is 5.62. The summed E-state index contributed by atoms with van der Waals surface area (Å²) in [4.78, 5) is 17.8. The van der Waals surface area contributed by atoms with Crippen molar-refractivity contribution in [2.75, 3.05) is 11.9 Å². The van der Waals surface area contributed by atoms with Crippen molar-refractivity contribution in [1.82, 2.24) is 9.88 Å². The molecule has 2 N–H and O–H groups in total. The number of pyridine rings is 1. The average molecular weight is 444 g/mol. The number of ether oxygens (including phenoxy) is 1. The van der Waals surface area contributed by atoms with Crippen molar-refractivity contribution in [3.8, 4) is 5.75 Å². The number of hydrogen-bond acceptors (Lipinski definition) is 3. The maximum atomic E-state index is 12.8. The van der Waals surface area contributed by atoms with Crippen LogP contribution in [-0.4, -0.2) is 21.6 Å². The highest BCUT2D eigenvalue weighted by Gasteiger charge is 2.15. The molecule has 0 atom stereocenters. The van der Waals surface area contributed by atoms with E-state index >= 15 is 0 Å². The second-order valence-corrected chi connectivity index (χ2v) is 7.83. The van der Waals surface area contributed by atoms with Gasteiger partial charge in [0.25, 0.3) is 5.56 Å². The third-order valence-electron chi connectivity index (χ3n) is 5.09. The molecule has 3 aromatic carbocycles. The van der Waals surface area contributed by atoms with Crippen LogP contribution in [0.4, 0.5) is 5.69 Å². The molecule has 0 aliphatic carbocycles. The smallest absolute Gasteiger partial charge is 0.253 e. The Balaban J connectivity index is 1.64. The SMILES string of the molecule is CCOc1ccc2[nH]c(=O)c(CN(Cc3ccccc3)C(=S)Nc3ccccc3)cc2c1. The molecule has 1 heterocycles. The number of H-pyrrole nitrogens is 1. The number of thiocarbonyl (C=S) groups is 1. The van der Waals surface area contributed by atoms with Gasteiger partial charge < -0.3 is 19.9 Å². The maximum absolute atomic E-state index is 12.8. The van der Waals surface area contributed by atoms with Crippen molar-refractivity contribution < 1.29 is 4.74 Å². The zero-order valence-electron chi connectivity index (χ0n) is 17.9. The number of nitrogens with one attached hydrogen (secondary N) is 2. The van der Waals surface area contributed by atoms with E-state index in [1.165, 1.54) is 0 Å². The maximum Gasteiger partial charge on any atom is 0.253 e. The Hall–Kier alpha value is -3.64. The van der Waals surface area contributed by atoms with E-state index in [0.717, 1.165) is 27.9 Å². The molecule has 0 radical (unpaired) electrons. The number of hydrogen-bond donors (Lipinski definition) is 2. The second-order valence-electron chi connectivity index (χ2n) is 7.44. The van der Waals surface area contributed by atoms with Crippen LogP contribution in [0.15, 0.2) is 89.7 Å². The van der Waals surface area contributed by atoms with Crippen LogP contribution >= 0.6 is 12.2 Å². The fourth-order valence-electron chi connectivity index (χ4n) is 3.54. The topological polar surface area (TPSA) is 57.4 Å². The molecule has 0 aliphatic heterocycles. The highest BCUT2D eigenvalue weighted by molar-refractivity contribution is 7.80. The zero-order valence-corrected chi connectivity index (χ0v) is 18.7. The Kier molecular flexibility index (Phi) is 6.82. The quantitative estimate of drug-likeness (QED) is 0.378. The summed E-state index contributed by atoms with van der Waals surface area (Å²) >= 11 is 5.73. The van der Waals surface area contributed by atoms with Crippen LogP contribution in [0.5, 0.6) is 5.75 Å². The molecule has 4 rings (SSSR count). The molecule has 0 saturated heterocycles. The first-order valence-electron chi connectivity index (χ1n) is 10.6. The standard InChI is InChI=1S/C26H25N3O2S/c1-2-31-23-13-14-24-20(16-23)15-21(25(30)28-24)18-29(17-19-9-5-3-6-10-19)26(32)27-22-11-7-4-8-12-22/h3-16H,2,17-18H2,1H3,(H,27,32)(H,28,30). The number of nitrogens with zero attached hydrogens (tertiary/aromatic N) is 1. The monoisotopic (exact) mass is 443 g/mol. The number of aromatic amines is 1. The number of fused-ring (bicyclic) bond motifs is 1. The van der Waals surface area contributed by atoms with Crippen molar-refractivity contribution in [3.05, 3.63) is 106 Å². The van der Waals surface area contributed by atoms with Gasteiger partial charge in [-0.05, 0) is 61.1 Å². The molecule has 0 saturated carbocycles. The van der Waals surface area contributed by atoms with Gasteiger partial charge in [0.15, 0.2) is 5.11 Å². The summed E-state index contributed by atoms with van der Waals surface area (Å²) in [6, 6.07) is 27.5.